The van der Waals surface area contributed by atoms with Gasteiger partial charge in [-0.15, -0.1) is 0 Å². The maximum Gasteiger partial charge on any atom is 0.227 e. The molecule has 148 valence electrons. The van der Waals surface area contributed by atoms with E-state index < -0.39 is 0 Å². The van der Waals surface area contributed by atoms with Crippen LogP contribution in [0.2, 0.25) is 0 Å². The van der Waals surface area contributed by atoms with Crippen molar-refractivity contribution < 1.29 is 9.59 Å². The van der Waals surface area contributed by atoms with Gasteiger partial charge in [0.25, 0.3) is 0 Å². The molecule has 0 spiro atoms. The lowest BCUT2D eigenvalue weighted by Gasteiger charge is -2.40. The number of piperidine rings is 2. The van der Waals surface area contributed by atoms with Crippen LogP contribution in [0, 0.1) is 0 Å². The van der Waals surface area contributed by atoms with E-state index in [2.05, 4.69) is 40.8 Å². The molecule has 3 saturated heterocycles. The molecule has 5 rings (SSSR count). The van der Waals surface area contributed by atoms with E-state index in [0.29, 0.717) is 31.0 Å². The van der Waals surface area contributed by atoms with Crippen LogP contribution in [0.4, 0.5) is 5.69 Å². The number of anilines is 1. The zero-order chi connectivity index (χ0) is 19.4. The van der Waals surface area contributed by atoms with Gasteiger partial charge in [0.05, 0.1) is 11.2 Å². The first-order chi connectivity index (χ1) is 13.5. The van der Waals surface area contributed by atoms with Gasteiger partial charge in [-0.05, 0) is 50.9 Å². The van der Waals surface area contributed by atoms with E-state index in [-0.39, 0.29) is 17.7 Å². The maximum atomic E-state index is 11.8. The number of nitrogens with zero attached hydrogens (tertiary/aromatic N) is 3. The predicted octanol–water partition coefficient (Wildman–Crippen LogP) is 1.81. The molecule has 2 bridgehead atoms. The van der Waals surface area contributed by atoms with Crippen LogP contribution in [0.25, 0.3) is 10.9 Å². The van der Waals surface area contributed by atoms with Crippen molar-refractivity contribution in [3.8, 4) is 0 Å². The van der Waals surface area contributed by atoms with Crippen molar-refractivity contribution in [3.05, 3.63) is 23.9 Å². The Morgan fingerprint density at radius 2 is 1.79 bits per heavy atom. The number of imide groups is 1. The molecular weight excluding hydrogens is 354 g/mol. The summed E-state index contributed by atoms with van der Waals surface area (Å²) in [5, 5.41) is 11.6. The molecular formula is C21H27N5O2. The number of hydrogen-bond donors (Lipinski definition) is 2. The molecule has 1 aromatic heterocycles. The van der Waals surface area contributed by atoms with Crippen LogP contribution in [0.3, 0.4) is 0 Å². The molecule has 1 unspecified atom stereocenters. The summed E-state index contributed by atoms with van der Waals surface area (Å²) in [6.45, 7) is 0. The van der Waals surface area contributed by atoms with E-state index in [1.165, 1.54) is 31.4 Å². The summed E-state index contributed by atoms with van der Waals surface area (Å²) in [6.07, 6.45) is 5.55. The number of aryl methyl sites for hydroxylation is 1. The van der Waals surface area contributed by atoms with Crippen LogP contribution in [-0.4, -0.2) is 46.8 Å². The fourth-order valence-corrected chi connectivity index (χ4v) is 5.54. The first-order valence-corrected chi connectivity index (χ1v) is 10.3. The molecule has 7 heteroatoms. The van der Waals surface area contributed by atoms with Crippen molar-refractivity contribution in [3.63, 3.8) is 0 Å². The highest BCUT2D eigenvalue weighted by Gasteiger charge is 2.40. The van der Waals surface area contributed by atoms with E-state index in [0.717, 1.165) is 16.6 Å². The number of benzene rings is 1. The van der Waals surface area contributed by atoms with Crippen LogP contribution in [0.1, 0.15) is 50.1 Å². The highest BCUT2D eigenvalue weighted by atomic mass is 16.2. The molecule has 4 heterocycles. The van der Waals surface area contributed by atoms with Gasteiger partial charge in [-0.25, -0.2) is 0 Å². The summed E-state index contributed by atoms with van der Waals surface area (Å²) < 4.78 is 1.90. The lowest BCUT2D eigenvalue weighted by atomic mass is 9.91. The Balaban J connectivity index is 1.49. The minimum absolute atomic E-state index is 0.140. The predicted molar refractivity (Wildman–Crippen MR) is 107 cm³/mol. The van der Waals surface area contributed by atoms with Crippen LogP contribution >= 0.6 is 0 Å². The summed E-state index contributed by atoms with van der Waals surface area (Å²) in [4.78, 5) is 26.2. The third-order valence-corrected chi connectivity index (χ3v) is 6.83. The Labute approximate surface area is 164 Å². The topological polar surface area (TPSA) is 79.3 Å². The van der Waals surface area contributed by atoms with Crippen LogP contribution in [0.15, 0.2) is 18.2 Å². The number of nitrogens with one attached hydrogen (secondary N) is 2. The van der Waals surface area contributed by atoms with Crippen molar-refractivity contribution in [2.45, 2.75) is 62.6 Å². The number of aromatic nitrogens is 2. The van der Waals surface area contributed by atoms with Crippen LogP contribution in [0.5, 0.6) is 0 Å². The van der Waals surface area contributed by atoms with Gasteiger partial charge in [0.15, 0.2) is 0 Å². The molecule has 0 aliphatic carbocycles. The number of amides is 2. The summed E-state index contributed by atoms with van der Waals surface area (Å²) >= 11 is 0. The van der Waals surface area contributed by atoms with Crippen molar-refractivity contribution in [2.24, 2.45) is 7.05 Å². The average Bonchev–Trinajstić information content (AvgIpc) is 3.14. The standard InChI is InChI=1S/C21H27N5O2/c1-22-13-9-14-3-4-15(10-13)26(14)16-5-6-17-18(11-16)25(2)24-21(17)12-7-19(27)23-20(28)8-12/h5-6,11-15,22H,3-4,7-10H2,1-2H3,(H,23,27,28)/t13?,14-,15+. The van der Waals surface area contributed by atoms with Crippen molar-refractivity contribution in [1.29, 1.82) is 0 Å². The average molecular weight is 381 g/mol. The largest absolute Gasteiger partial charge is 0.365 e. The maximum absolute atomic E-state index is 11.8. The van der Waals surface area contributed by atoms with Gasteiger partial charge >= 0.3 is 0 Å². The molecule has 28 heavy (non-hydrogen) atoms. The third kappa shape index (κ3) is 2.80. The highest BCUT2D eigenvalue weighted by Crippen LogP contribution is 2.41. The zero-order valence-electron chi connectivity index (χ0n) is 16.4. The van der Waals surface area contributed by atoms with Crippen LogP contribution in [-0.2, 0) is 16.6 Å². The molecule has 2 aromatic rings. The van der Waals surface area contributed by atoms with Gasteiger partial charge in [-0.2, -0.15) is 5.10 Å². The monoisotopic (exact) mass is 381 g/mol. The van der Waals surface area contributed by atoms with E-state index >= 15 is 0 Å². The van der Waals surface area contributed by atoms with Crippen molar-refractivity contribution in [2.75, 3.05) is 11.9 Å². The number of rotatable bonds is 3. The van der Waals surface area contributed by atoms with E-state index in [1.54, 1.807) is 0 Å². The minimum Gasteiger partial charge on any atom is -0.365 e. The molecule has 0 saturated carbocycles. The Bertz CT molecular complexity index is 922. The summed E-state index contributed by atoms with van der Waals surface area (Å²) in [6, 6.07) is 8.39. The van der Waals surface area contributed by atoms with Crippen LogP contribution < -0.4 is 15.5 Å². The first kappa shape index (κ1) is 17.7. The molecule has 7 nitrogen and oxygen atoms in total. The number of fused-ring (bicyclic) bond motifs is 3. The second kappa shape index (κ2) is 6.58. The van der Waals surface area contributed by atoms with Crippen molar-refractivity contribution >= 4 is 28.4 Å². The van der Waals surface area contributed by atoms with Gasteiger partial charge in [-0.1, -0.05) is 0 Å². The summed E-state index contributed by atoms with van der Waals surface area (Å²) in [7, 11) is 4.02. The van der Waals surface area contributed by atoms with E-state index in [1.807, 2.05) is 11.7 Å². The van der Waals surface area contributed by atoms with Gasteiger partial charge in [-0.3, -0.25) is 19.6 Å². The molecule has 3 aliphatic rings. The SMILES string of the molecule is CNC1C[C@H]2CC[C@@H](C1)N2c1ccc2c(C3CC(=O)NC(=O)C3)nn(C)c2c1. The highest BCUT2D eigenvalue weighted by molar-refractivity contribution is 5.99. The Kier molecular flexibility index (Phi) is 4.16. The van der Waals surface area contributed by atoms with E-state index in [9.17, 15) is 9.59 Å². The summed E-state index contributed by atoms with van der Waals surface area (Å²) in [5.41, 5.74) is 3.20. The molecule has 3 fully saturated rings. The lowest BCUT2D eigenvalue weighted by Crippen LogP contribution is -2.48. The molecule has 0 radical (unpaired) electrons. The number of hydrogen-bond acceptors (Lipinski definition) is 5. The summed E-state index contributed by atoms with van der Waals surface area (Å²) in [5.74, 6) is -0.556. The molecule has 2 amide bonds. The molecule has 3 atom stereocenters. The number of carbonyl (C=O) groups excluding carboxylic acids is 2. The van der Waals surface area contributed by atoms with E-state index in [4.69, 9.17) is 5.10 Å². The van der Waals surface area contributed by atoms with Gasteiger partial charge in [0.1, 0.15) is 0 Å². The Morgan fingerprint density at radius 1 is 1.11 bits per heavy atom. The van der Waals surface area contributed by atoms with Gasteiger partial charge < -0.3 is 10.2 Å². The van der Waals surface area contributed by atoms with Crippen molar-refractivity contribution in [1.82, 2.24) is 20.4 Å². The lowest BCUT2D eigenvalue weighted by molar-refractivity contribution is -0.133. The molecule has 1 aromatic carbocycles. The Hall–Kier alpha value is -2.41. The smallest absolute Gasteiger partial charge is 0.227 e. The normalized spacial score (nSPS) is 28.2. The first-order valence-electron chi connectivity index (χ1n) is 10.3. The zero-order valence-corrected chi connectivity index (χ0v) is 16.4. The second-order valence-corrected chi connectivity index (χ2v) is 8.54. The van der Waals surface area contributed by atoms with Gasteiger partial charge in [0, 0.05) is 55.0 Å². The Morgan fingerprint density at radius 3 is 2.43 bits per heavy atom. The second-order valence-electron chi connectivity index (χ2n) is 8.54. The fourth-order valence-electron chi connectivity index (χ4n) is 5.54. The minimum atomic E-state index is -0.208. The number of carbonyl (C=O) groups is 2. The fraction of sp³-hybridized carbons (Fsp3) is 0.571. The van der Waals surface area contributed by atoms with Gasteiger partial charge in [0.2, 0.25) is 11.8 Å². The molecule has 3 aliphatic heterocycles. The quantitative estimate of drug-likeness (QED) is 0.793. The molecule has 2 N–H and O–H groups in total. The third-order valence-electron chi connectivity index (χ3n) is 6.83.